The Morgan fingerprint density at radius 2 is 1.78 bits per heavy atom. The molecular weight excluding hydrogens is 345 g/mol. The molecule has 0 spiro atoms. The third-order valence-corrected chi connectivity index (χ3v) is 5.11. The number of amides is 1. The van der Waals surface area contributed by atoms with E-state index in [0.29, 0.717) is 19.4 Å². The maximum absolute atomic E-state index is 13.1. The second-order valence-corrected chi connectivity index (χ2v) is 6.91. The number of ether oxygens (including phenoxy) is 1. The zero-order chi connectivity index (χ0) is 19.2. The maximum atomic E-state index is 13.1. The fourth-order valence-electron chi connectivity index (χ4n) is 3.62. The molecule has 4 nitrogen and oxygen atoms in total. The molecule has 2 aromatic rings. The minimum atomic E-state index is -0.279. The van der Waals surface area contributed by atoms with Crippen LogP contribution in [-0.2, 0) is 4.74 Å². The van der Waals surface area contributed by atoms with Crippen molar-refractivity contribution in [3.63, 3.8) is 0 Å². The number of halogens is 1. The third kappa shape index (κ3) is 4.66. The Labute approximate surface area is 159 Å². The van der Waals surface area contributed by atoms with Crippen LogP contribution in [0.15, 0.2) is 48.5 Å². The van der Waals surface area contributed by atoms with Gasteiger partial charge in [-0.05, 0) is 48.1 Å². The second-order valence-electron chi connectivity index (χ2n) is 6.91. The van der Waals surface area contributed by atoms with Gasteiger partial charge >= 0.3 is 6.09 Å². The van der Waals surface area contributed by atoms with Gasteiger partial charge in [0.05, 0.1) is 6.04 Å². The fourth-order valence-corrected chi connectivity index (χ4v) is 3.62. The summed E-state index contributed by atoms with van der Waals surface area (Å²) >= 11 is 0. The van der Waals surface area contributed by atoms with Crippen LogP contribution in [0.4, 0.5) is 9.18 Å². The first-order chi connectivity index (χ1) is 13.1. The number of aliphatic hydroxyl groups is 1. The van der Waals surface area contributed by atoms with Gasteiger partial charge in [0.25, 0.3) is 0 Å². The van der Waals surface area contributed by atoms with Crippen molar-refractivity contribution >= 4 is 6.09 Å². The topological polar surface area (TPSA) is 49.8 Å². The first-order valence-corrected chi connectivity index (χ1v) is 9.56. The Morgan fingerprint density at radius 3 is 2.33 bits per heavy atom. The highest BCUT2D eigenvalue weighted by Gasteiger charge is 2.31. The molecule has 2 unspecified atom stereocenters. The van der Waals surface area contributed by atoms with Crippen molar-refractivity contribution in [1.82, 2.24) is 4.90 Å². The van der Waals surface area contributed by atoms with E-state index < -0.39 is 0 Å². The summed E-state index contributed by atoms with van der Waals surface area (Å²) in [6.07, 6.45) is 2.57. The largest absolute Gasteiger partial charge is 0.446 e. The zero-order valence-corrected chi connectivity index (χ0v) is 15.6. The Kier molecular flexibility index (Phi) is 6.45. The van der Waals surface area contributed by atoms with Gasteiger partial charge in [0.1, 0.15) is 11.9 Å². The summed E-state index contributed by atoms with van der Waals surface area (Å²) in [4.78, 5) is 14.3. The number of carbonyl (C=O) groups excluding carboxylic acids is 1. The van der Waals surface area contributed by atoms with Gasteiger partial charge in [-0.25, -0.2) is 9.18 Å². The van der Waals surface area contributed by atoms with Gasteiger partial charge in [-0.15, -0.1) is 0 Å². The van der Waals surface area contributed by atoms with E-state index in [-0.39, 0.29) is 30.7 Å². The molecule has 2 aromatic carbocycles. The van der Waals surface area contributed by atoms with E-state index in [2.05, 4.69) is 6.92 Å². The monoisotopic (exact) mass is 371 g/mol. The average molecular weight is 371 g/mol. The summed E-state index contributed by atoms with van der Waals surface area (Å²) < 4.78 is 18.6. The number of hydrogen-bond acceptors (Lipinski definition) is 3. The molecule has 1 aliphatic heterocycles. The molecule has 144 valence electrons. The van der Waals surface area contributed by atoms with Gasteiger partial charge in [0.2, 0.25) is 0 Å². The smallest absolute Gasteiger partial charge is 0.410 e. The van der Waals surface area contributed by atoms with Crippen LogP contribution in [0.2, 0.25) is 0 Å². The molecule has 1 N–H and O–H groups in total. The van der Waals surface area contributed by atoms with E-state index >= 15 is 0 Å². The second kappa shape index (κ2) is 9.00. The number of hydrogen-bond donors (Lipinski definition) is 1. The Balaban J connectivity index is 1.70. The van der Waals surface area contributed by atoms with E-state index in [4.69, 9.17) is 9.84 Å². The lowest BCUT2D eigenvalue weighted by atomic mass is 9.98. The molecule has 1 amide bonds. The van der Waals surface area contributed by atoms with Crippen LogP contribution in [0.3, 0.4) is 0 Å². The summed E-state index contributed by atoms with van der Waals surface area (Å²) in [5, 5.41) is 8.94. The Hall–Kier alpha value is -2.40. The zero-order valence-electron chi connectivity index (χ0n) is 15.6. The van der Waals surface area contributed by atoms with Gasteiger partial charge in [0.15, 0.2) is 0 Å². The Bertz CT molecular complexity index is 745. The highest BCUT2D eigenvalue weighted by atomic mass is 19.1. The quantitative estimate of drug-likeness (QED) is 0.751. The minimum absolute atomic E-state index is 0.0291. The minimum Gasteiger partial charge on any atom is -0.446 e. The first kappa shape index (κ1) is 19.4. The molecule has 0 aliphatic carbocycles. The molecule has 1 heterocycles. The predicted octanol–water partition coefficient (Wildman–Crippen LogP) is 4.93. The molecule has 0 radical (unpaired) electrons. The lowest BCUT2D eigenvalue weighted by Crippen LogP contribution is -2.43. The van der Waals surface area contributed by atoms with E-state index in [9.17, 15) is 9.18 Å². The summed E-state index contributed by atoms with van der Waals surface area (Å²) in [6, 6.07) is 14.5. The molecule has 1 saturated heterocycles. The van der Waals surface area contributed by atoms with Gasteiger partial charge in [-0.3, -0.25) is 0 Å². The molecule has 3 rings (SSSR count). The number of aliphatic hydroxyl groups excluding tert-OH is 1. The van der Waals surface area contributed by atoms with Crippen molar-refractivity contribution < 1.29 is 19.0 Å². The molecule has 1 aliphatic rings. The summed E-state index contributed by atoms with van der Waals surface area (Å²) in [5.41, 5.74) is 3.04. The average Bonchev–Trinajstić information content (AvgIpc) is 2.69. The van der Waals surface area contributed by atoms with E-state index in [1.165, 1.54) is 12.1 Å². The number of rotatable bonds is 7. The van der Waals surface area contributed by atoms with Crippen molar-refractivity contribution in [3.8, 4) is 11.1 Å². The molecule has 1 fully saturated rings. The van der Waals surface area contributed by atoms with Crippen molar-refractivity contribution in [3.05, 3.63) is 59.9 Å². The van der Waals surface area contributed by atoms with Crippen molar-refractivity contribution in [1.29, 1.82) is 0 Å². The van der Waals surface area contributed by atoms with Crippen LogP contribution >= 0.6 is 0 Å². The number of carbonyl (C=O) groups is 1. The maximum Gasteiger partial charge on any atom is 0.410 e. The Morgan fingerprint density at radius 1 is 1.15 bits per heavy atom. The third-order valence-electron chi connectivity index (χ3n) is 5.11. The first-order valence-electron chi connectivity index (χ1n) is 9.56. The lowest BCUT2D eigenvalue weighted by molar-refractivity contribution is 0.00468. The highest BCUT2D eigenvalue weighted by Crippen LogP contribution is 2.30. The van der Waals surface area contributed by atoms with Crippen molar-refractivity contribution in [2.24, 2.45) is 0 Å². The molecule has 0 bridgehead atoms. The predicted molar refractivity (Wildman–Crippen MR) is 103 cm³/mol. The highest BCUT2D eigenvalue weighted by molar-refractivity contribution is 5.69. The van der Waals surface area contributed by atoms with Crippen LogP contribution in [-0.4, -0.2) is 35.4 Å². The molecule has 27 heavy (non-hydrogen) atoms. The van der Waals surface area contributed by atoms with Crippen molar-refractivity contribution in [2.75, 3.05) is 13.2 Å². The van der Waals surface area contributed by atoms with Crippen LogP contribution in [0.25, 0.3) is 11.1 Å². The van der Waals surface area contributed by atoms with Gasteiger partial charge < -0.3 is 14.7 Å². The summed E-state index contributed by atoms with van der Waals surface area (Å²) in [5.74, 6) is -0.248. The molecular formula is C22H26FNO3. The molecule has 0 saturated carbocycles. The summed E-state index contributed by atoms with van der Waals surface area (Å²) in [6.45, 7) is 2.84. The van der Waals surface area contributed by atoms with E-state index in [1.54, 1.807) is 17.0 Å². The van der Waals surface area contributed by atoms with Crippen LogP contribution in [0.5, 0.6) is 0 Å². The van der Waals surface area contributed by atoms with Crippen LogP contribution < -0.4 is 0 Å². The summed E-state index contributed by atoms with van der Waals surface area (Å²) in [7, 11) is 0. The lowest BCUT2D eigenvalue weighted by Gasteiger charge is -2.37. The SMILES string of the molecule is CCC(c1ccc(-c2ccc(F)cc2)cc1)N1CCC(CCCO)OC1=O. The fraction of sp³-hybridized carbons (Fsp3) is 0.409. The van der Waals surface area contributed by atoms with Crippen LogP contribution in [0, 0.1) is 5.82 Å². The van der Waals surface area contributed by atoms with E-state index in [1.807, 2.05) is 24.3 Å². The normalized spacial score (nSPS) is 18.3. The molecule has 0 aromatic heterocycles. The molecule has 2 atom stereocenters. The van der Waals surface area contributed by atoms with Gasteiger partial charge in [0, 0.05) is 19.6 Å². The van der Waals surface area contributed by atoms with Crippen molar-refractivity contribution in [2.45, 2.75) is 44.8 Å². The number of benzene rings is 2. The standard InChI is InChI=1S/C22H26FNO3/c1-2-21(24-14-13-20(4-3-15-25)27-22(24)26)18-7-5-16(6-8-18)17-9-11-19(23)12-10-17/h5-12,20-21,25H,2-4,13-15H2,1H3. The van der Waals surface area contributed by atoms with E-state index in [0.717, 1.165) is 29.5 Å². The number of nitrogens with zero attached hydrogens (tertiary/aromatic N) is 1. The van der Waals surface area contributed by atoms with Crippen LogP contribution in [0.1, 0.15) is 44.2 Å². The van der Waals surface area contributed by atoms with Gasteiger partial charge in [-0.2, -0.15) is 0 Å². The van der Waals surface area contributed by atoms with Gasteiger partial charge in [-0.1, -0.05) is 43.3 Å². The molecule has 5 heteroatoms. The number of cyclic esters (lactones) is 1.